The second kappa shape index (κ2) is 7.15. The van der Waals surface area contributed by atoms with Crippen LogP contribution in [0, 0.1) is 13.8 Å². The van der Waals surface area contributed by atoms with Crippen molar-refractivity contribution in [3.05, 3.63) is 64.7 Å². The molecule has 0 aromatic heterocycles. The molecule has 0 radical (unpaired) electrons. The van der Waals surface area contributed by atoms with Crippen molar-refractivity contribution in [3.8, 4) is 0 Å². The van der Waals surface area contributed by atoms with Gasteiger partial charge < -0.3 is 5.32 Å². The van der Waals surface area contributed by atoms with Gasteiger partial charge >= 0.3 is 0 Å². The molecule has 0 spiro atoms. The third-order valence-electron chi connectivity index (χ3n) is 3.94. The molecule has 1 amide bonds. The summed E-state index contributed by atoms with van der Waals surface area (Å²) >= 11 is 0. The number of carbonyl (C=O) groups is 1. The molecule has 2 aromatic rings. The molecule has 0 fully saturated rings. The molecule has 0 unspecified atom stereocenters. The van der Waals surface area contributed by atoms with Gasteiger partial charge in [-0.1, -0.05) is 30.3 Å². The van der Waals surface area contributed by atoms with Crippen LogP contribution in [0.3, 0.4) is 0 Å². The van der Waals surface area contributed by atoms with E-state index in [1.165, 1.54) is 20.2 Å². The highest BCUT2D eigenvalue weighted by atomic mass is 32.2. The largest absolute Gasteiger partial charge is 0.348 e. The van der Waals surface area contributed by atoms with Crippen molar-refractivity contribution in [2.24, 2.45) is 0 Å². The van der Waals surface area contributed by atoms with Gasteiger partial charge in [0.15, 0.2) is 0 Å². The molecule has 5 nitrogen and oxygen atoms in total. The maximum atomic E-state index is 12.5. The molecular weight excluding hydrogens is 324 g/mol. The van der Waals surface area contributed by atoms with Crippen LogP contribution in [0.2, 0.25) is 0 Å². The first kappa shape index (κ1) is 18.2. The molecule has 0 heterocycles. The average Bonchev–Trinajstić information content (AvgIpc) is 2.55. The Morgan fingerprint density at radius 2 is 1.71 bits per heavy atom. The summed E-state index contributed by atoms with van der Waals surface area (Å²) in [5.41, 5.74) is 2.75. The van der Waals surface area contributed by atoms with E-state index < -0.39 is 10.0 Å². The van der Waals surface area contributed by atoms with Crippen molar-refractivity contribution in [1.29, 1.82) is 0 Å². The number of carbonyl (C=O) groups excluding carboxylic acids is 1. The Labute approximate surface area is 143 Å². The third kappa shape index (κ3) is 3.83. The van der Waals surface area contributed by atoms with Gasteiger partial charge in [0, 0.05) is 26.2 Å². The first-order valence-electron chi connectivity index (χ1n) is 7.59. The fraction of sp³-hybridized carbons (Fsp3) is 0.278. The summed E-state index contributed by atoms with van der Waals surface area (Å²) in [7, 11) is -0.643. The molecule has 0 atom stereocenters. The van der Waals surface area contributed by atoms with E-state index in [1.54, 1.807) is 19.9 Å². The van der Waals surface area contributed by atoms with Crippen LogP contribution in [-0.2, 0) is 16.6 Å². The van der Waals surface area contributed by atoms with Crippen molar-refractivity contribution < 1.29 is 13.2 Å². The van der Waals surface area contributed by atoms with Crippen LogP contribution < -0.4 is 5.32 Å². The van der Waals surface area contributed by atoms with E-state index in [0.717, 1.165) is 15.4 Å². The normalized spacial score (nSPS) is 11.5. The molecule has 0 bridgehead atoms. The van der Waals surface area contributed by atoms with Crippen molar-refractivity contribution in [2.45, 2.75) is 25.3 Å². The van der Waals surface area contributed by atoms with Gasteiger partial charge in [-0.05, 0) is 42.7 Å². The Balaban J connectivity index is 2.31. The smallest absolute Gasteiger partial charge is 0.251 e. The van der Waals surface area contributed by atoms with Crippen molar-refractivity contribution in [2.75, 3.05) is 14.1 Å². The number of aryl methyl sites for hydroxylation is 1. The number of amides is 1. The Bertz CT molecular complexity index is 844. The van der Waals surface area contributed by atoms with Gasteiger partial charge in [-0.15, -0.1) is 0 Å². The van der Waals surface area contributed by atoms with Crippen LogP contribution in [0.4, 0.5) is 0 Å². The van der Waals surface area contributed by atoms with Gasteiger partial charge in [0.2, 0.25) is 10.0 Å². The average molecular weight is 346 g/mol. The zero-order chi connectivity index (χ0) is 17.9. The number of benzene rings is 2. The lowest BCUT2D eigenvalue weighted by molar-refractivity contribution is 0.0950. The van der Waals surface area contributed by atoms with Crippen LogP contribution in [0.5, 0.6) is 0 Å². The standard InChI is InChI=1S/C18H22N2O3S/c1-13-10-16(11-17(14(13)2)24(22,23)20(3)4)18(21)19-12-15-8-6-5-7-9-15/h5-11H,12H2,1-4H3,(H,19,21). The van der Waals surface area contributed by atoms with E-state index in [0.29, 0.717) is 17.7 Å². The summed E-state index contributed by atoms with van der Waals surface area (Å²) in [6.07, 6.45) is 0. The fourth-order valence-electron chi connectivity index (χ4n) is 2.30. The summed E-state index contributed by atoms with van der Waals surface area (Å²) < 4.78 is 26.1. The Morgan fingerprint density at radius 3 is 2.29 bits per heavy atom. The van der Waals surface area contributed by atoms with E-state index in [9.17, 15) is 13.2 Å². The zero-order valence-corrected chi connectivity index (χ0v) is 15.1. The second-order valence-electron chi connectivity index (χ2n) is 5.87. The zero-order valence-electron chi connectivity index (χ0n) is 14.3. The fourth-order valence-corrected chi connectivity index (χ4v) is 3.52. The van der Waals surface area contributed by atoms with E-state index in [-0.39, 0.29) is 10.8 Å². The number of nitrogens with one attached hydrogen (secondary N) is 1. The third-order valence-corrected chi connectivity index (χ3v) is 5.88. The van der Waals surface area contributed by atoms with Crippen molar-refractivity contribution in [3.63, 3.8) is 0 Å². The summed E-state index contributed by atoms with van der Waals surface area (Å²) in [6.45, 7) is 3.94. The topological polar surface area (TPSA) is 66.5 Å². The van der Waals surface area contributed by atoms with E-state index >= 15 is 0 Å². The molecule has 128 valence electrons. The van der Waals surface area contributed by atoms with Crippen LogP contribution in [0.15, 0.2) is 47.4 Å². The molecule has 0 aliphatic carbocycles. The van der Waals surface area contributed by atoms with Crippen LogP contribution in [-0.4, -0.2) is 32.7 Å². The molecule has 0 saturated carbocycles. The Kier molecular flexibility index (Phi) is 5.41. The number of sulfonamides is 1. The molecule has 2 rings (SSSR count). The first-order valence-corrected chi connectivity index (χ1v) is 9.03. The van der Waals surface area contributed by atoms with Crippen LogP contribution in [0.25, 0.3) is 0 Å². The van der Waals surface area contributed by atoms with Gasteiger partial charge in [-0.25, -0.2) is 12.7 Å². The molecule has 1 N–H and O–H groups in total. The summed E-state index contributed by atoms with van der Waals surface area (Å²) in [5.74, 6) is -0.294. The minimum atomic E-state index is -3.60. The molecule has 0 aliphatic rings. The van der Waals surface area contributed by atoms with Gasteiger partial charge in [0.05, 0.1) is 4.90 Å². The lowest BCUT2D eigenvalue weighted by atomic mass is 10.1. The number of rotatable bonds is 5. The first-order chi connectivity index (χ1) is 11.2. The maximum absolute atomic E-state index is 12.5. The van der Waals surface area contributed by atoms with E-state index in [1.807, 2.05) is 30.3 Å². The Hall–Kier alpha value is -2.18. The SMILES string of the molecule is Cc1cc(C(=O)NCc2ccccc2)cc(S(=O)(=O)N(C)C)c1C. The summed E-state index contributed by atoms with van der Waals surface area (Å²) in [4.78, 5) is 12.6. The monoisotopic (exact) mass is 346 g/mol. The summed E-state index contributed by atoms with van der Waals surface area (Å²) in [6, 6.07) is 12.7. The highest BCUT2D eigenvalue weighted by Crippen LogP contribution is 2.23. The summed E-state index contributed by atoms with van der Waals surface area (Å²) in [5, 5.41) is 2.82. The van der Waals surface area contributed by atoms with Gasteiger partial charge in [-0.3, -0.25) is 4.79 Å². The van der Waals surface area contributed by atoms with Gasteiger partial charge in [0.1, 0.15) is 0 Å². The van der Waals surface area contributed by atoms with Crippen molar-refractivity contribution >= 4 is 15.9 Å². The van der Waals surface area contributed by atoms with Crippen LogP contribution in [0.1, 0.15) is 27.0 Å². The molecule has 0 saturated heterocycles. The number of nitrogens with zero attached hydrogens (tertiary/aromatic N) is 1. The van der Waals surface area contributed by atoms with Gasteiger partial charge in [-0.2, -0.15) is 0 Å². The lowest BCUT2D eigenvalue weighted by Gasteiger charge is -2.16. The lowest BCUT2D eigenvalue weighted by Crippen LogP contribution is -2.26. The molecule has 0 aliphatic heterocycles. The van der Waals surface area contributed by atoms with E-state index in [2.05, 4.69) is 5.32 Å². The van der Waals surface area contributed by atoms with Crippen molar-refractivity contribution in [1.82, 2.24) is 9.62 Å². The number of hydrogen-bond donors (Lipinski definition) is 1. The Morgan fingerprint density at radius 1 is 1.08 bits per heavy atom. The van der Waals surface area contributed by atoms with Gasteiger partial charge in [0.25, 0.3) is 5.91 Å². The molecule has 6 heteroatoms. The highest BCUT2D eigenvalue weighted by Gasteiger charge is 2.22. The number of hydrogen-bond acceptors (Lipinski definition) is 3. The maximum Gasteiger partial charge on any atom is 0.251 e. The predicted molar refractivity (Wildman–Crippen MR) is 94.4 cm³/mol. The van der Waals surface area contributed by atoms with Crippen LogP contribution >= 0.6 is 0 Å². The second-order valence-corrected chi connectivity index (χ2v) is 7.99. The minimum Gasteiger partial charge on any atom is -0.348 e. The highest BCUT2D eigenvalue weighted by molar-refractivity contribution is 7.89. The minimum absolute atomic E-state index is 0.164. The van der Waals surface area contributed by atoms with E-state index in [4.69, 9.17) is 0 Å². The molecular formula is C18H22N2O3S. The predicted octanol–water partition coefficient (Wildman–Crippen LogP) is 2.48. The molecule has 24 heavy (non-hydrogen) atoms. The quantitative estimate of drug-likeness (QED) is 0.904. The molecule has 2 aromatic carbocycles.